The van der Waals surface area contributed by atoms with Gasteiger partial charge >= 0.3 is 0 Å². The molecule has 1 spiro atoms. The summed E-state index contributed by atoms with van der Waals surface area (Å²) in [5, 5.41) is 6.36. The van der Waals surface area contributed by atoms with Crippen molar-refractivity contribution in [2.24, 2.45) is 5.92 Å². The Kier molecular flexibility index (Phi) is 2.28. The fourth-order valence-corrected chi connectivity index (χ4v) is 2.65. The van der Waals surface area contributed by atoms with Gasteiger partial charge in [-0.1, -0.05) is 19.8 Å². The molecule has 1 saturated carbocycles. The predicted molar refractivity (Wildman–Crippen MR) is 51.4 cm³/mol. The van der Waals surface area contributed by atoms with Gasteiger partial charge in [-0.2, -0.15) is 0 Å². The number of carbonyl (C=O) groups excluding carboxylic acids is 1. The number of rotatable bonds is 0. The summed E-state index contributed by atoms with van der Waals surface area (Å²) in [5.74, 6) is 0.912. The van der Waals surface area contributed by atoms with Crippen molar-refractivity contribution in [1.29, 1.82) is 0 Å². The molecule has 74 valence electrons. The summed E-state index contributed by atoms with van der Waals surface area (Å²) in [6.07, 6.45) is 4.49. The molecule has 1 heterocycles. The van der Waals surface area contributed by atoms with Crippen molar-refractivity contribution in [1.82, 2.24) is 10.6 Å². The molecule has 0 aromatic rings. The van der Waals surface area contributed by atoms with Gasteiger partial charge in [0, 0.05) is 13.1 Å². The first-order chi connectivity index (χ1) is 6.23. The molecule has 2 rings (SSSR count). The van der Waals surface area contributed by atoms with Crippen molar-refractivity contribution in [3.63, 3.8) is 0 Å². The van der Waals surface area contributed by atoms with Gasteiger partial charge in [0.1, 0.15) is 0 Å². The van der Waals surface area contributed by atoms with Crippen molar-refractivity contribution in [2.45, 2.75) is 38.1 Å². The SMILES string of the molecule is CC1CCCC2(C1)NCCNC2=O. The highest BCUT2D eigenvalue weighted by Crippen LogP contribution is 2.33. The van der Waals surface area contributed by atoms with Crippen LogP contribution in [0.1, 0.15) is 32.6 Å². The molecule has 1 amide bonds. The lowest BCUT2D eigenvalue weighted by molar-refractivity contribution is -0.131. The maximum atomic E-state index is 11.7. The highest BCUT2D eigenvalue weighted by atomic mass is 16.2. The number of amides is 1. The fraction of sp³-hybridized carbons (Fsp3) is 0.900. The third kappa shape index (κ3) is 1.57. The number of hydrogen-bond donors (Lipinski definition) is 2. The minimum atomic E-state index is -0.212. The molecular weight excluding hydrogens is 164 g/mol. The van der Waals surface area contributed by atoms with E-state index in [2.05, 4.69) is 17.6 Å². The molecule has 1 aliphatic heterocycles. The number of carbonyl (C=O) groups is 1. The van der Waals surface area contributed by atoms with Crippen LogP contribution in [0.15, 0.2) is 0 Å². The molecule has 0 aromatic heterocycles. The molecule has 1 aliphatic carbocycles. The molecule has 2 aliphatic rings. The topological polar surface area (TPSA) is 41.1 Å². The zero-order chi connectivity index (χ0) is 9.31. The summed E-state index contributed by atoms with van der Waals surface area (Å²) in [6.45, 7) is 3.96. The molecule has 0 bridgehead atoms. The van der Waals surface area contributed by atoms with Crippen LogP contribution in [0.25, 0.3) is 0 Å². The highest BCUT2D eigenvalue weighted by molar-refractivity contribution is 5.87. The lowest BCUT2D eigenvalue weighted by atomic mass is 9.75. The first-order valence-corrected chi connectivity index (χ1v) is 5.26. The molecule has 1 saturated heterocycles. The van der Waals surface area contributed by atoms with Gasteiger partial charge in [0.2, 0.25) is 5.91 Å². The average molecular weight is 182 g/mol. The van der Waals surface area contributed by atoms with Gasteiger partial charge in [0.15, 0.2) is 0 Å². The molecule has 0 aromatic carbocycles. The first-order valence-electron chi connectivity index (χ1n) is 5.26. The van der Waals surface area contributed by atoms with Crippen LogP contribution in [-0.2, 0) is 4.79 Å². The molecule has 0 radical (unpaired) electrons. The summed E-state index contributed by atoms with van der Waals surface area (Å²) in [5.41, 5.74) is -0.212. The van der Waals surface area contributed by atoms with Gasteiger partial charge in [0.25, 0.3) is 0 Å². The van der Waals surface area contributed by atoms with E-state index < -0.39 is 0 Å². The van der Waals surface area contributed by atoms with Crippen LogP contribution in [0.5, 0.6) is 0 Å². The van der Waals surface area contributed by atoms with Crippen molar-refractivity contribution >= 4 is 5.91 Å². The number of hydrogen-bond acceptors (Lipinski definition) is 2. The Labute approximate surface area is 79.3 Å². The number of nitrogens with one attached hydrogen (secondary N) is 2. The minimum absolute atomic E-state index is 0.212. The zero-order valence-corrected chi connectivity index (χ0v) is 8.23. The molecule has 3 nitrogen and oxygen atoms in total. The van der Waals surface area contributed by atoms with E-state index in [0.717, 1.165) is 25.9 Å². The third-order valence-corrected chi connectivity index (χ3v) is 3.31. The van der Waals surface area contributed by atoms with Crippen LogP contribution in [0, 0.1) is 5.92 Å². The second-order valence-electron chi connectivity index (χ2n) is 4.47. The largest absolute Gasteiger partial charge is 0.353 e. The van der Waals surface area contributed by atoms with E-state index in [1.54, 1.807) is 0 Å². The Balaban J connectivity index is 2.11. The van der Waals surface area contributed by atoms with Crippen LogP contribution in [0.4, 0.5) is 0 Å². The van der Waals surface area contributed by atoms with Gasteiger partial charge in [-0.25, -0.2) is 0 Å². The Morgan fingerprint density at radius 1 is 1.46 bits per heavy atom. The van der Waals surface area contributed by atoms with E-state index in [1.165, 1.54) is 12.8 Å². The van der Waals surface area contributed by atoms with Crippen LogP contribution in [0.2, 0.25) is 0 Å². The van der Waals surface area contributed by atoms with E-state index in [1.807, 2.05) is 0 Å². The second-order valence-corrected chi connectivity index (χ2v) is 4.47. The Morgan fingerprint density at radius 3 is 3.00 bits per heavy atom. The minimum Gasteiger partial charge on any atom is -0.353 e. The van der Waals surface area contributed by atoms with Crippen LogP contribution in [-0.4, -0.2) is 24.5 Å². The Bertz CT molecular complexity index is 213. The van der Waals surface area contributed by atoms with Crippen LogP contribution in [0.3, 0.4) is 0 Å². The van der Waals surface area contributed by atoms with Crippen molar-refractivity contribution < 1.29 is 4.79 Å². The standard InChI is InChI=1S/C10H18N2O/c1-8-3-2-4-10(7-8)9(13)11-5-6-12-10/h8,12H,2-7H2,1H3,(H,11,13). The van der Waals surface area contributed by atoms with Gasteiger partial charge in [-0.15, -0.1) is 0 Å². The lowest BCUT2D eigenvalue weighted by Crippen LogP contribution is -2.64. The van der Waals surface area contributed by atoms with Gasteiger partial charge in [-0.05, 0) is 18.8 Å². The smallest absolute Gasteiger partial charge is 0.240 e. The molecule has 13 heavy (non-hydrogen) atoms. The van der Waals surface area contributed by atoms with Crippen LogP contribution >= 0.6 is 0 Å². The molecule has 2 unspecified atom stereocenters. The Hall–Kier alpha value is -0.570. The molecular formula is C10H18N2O. The monoisotopic (exact) mass is 182 g/mol. The van der Waals surface area contributed by atoms with E-state index in [4.69, 9.17) is 0 Å². The average Bonchev–Trinajstić information content (AvgIpc) is 2.11. The van der Waals surface area contributed by atoms with E-state index >= 15 is 0 Å². The van der Waals surface area contributed by atoms with Crippen LogP contribution < -0.4 is 10.6 Å². The molecule has 2 atom stereocenters. The zero-order valence-electron chi connectivity index (χ0n) is 8.23. The van der Waals surface area contributed by atoms with Crippen molar-refractivity contribution in [3.05, 3.63) is 0 Å². The van der Waals surface area contributed by atoms with E-state index in [0.29, 0.717) is 5.92 Å². The summed E-state index contributed by atoms with van der Waals surface area (Å²) in [7, 11) is 0. The van der Waals surface area contributed by atoms with Gasteiger partial charge in [-0.3, -0.25) is 4.79 Å². The van der Waals surface area contributed by atoms with Gasteiger partial charge < -0.3 is 10.6 Å². The predicted octanol–water partition coefficient (Wildman–Crippen LogP) is 0.655. The third-order valence-electron chi connectivity index (χ3n) is 3.31. The summed E-state index contributed by atoms with van der Waals surface area (Å²) >= 11 is 0. The second kappa shape index (κ2) is 3.29. The molecule has 3 heteroatoms. The molecule has 2 N–H and O–H groups in total. The normalized spacial score (nSPS) is 40.4. The first kappa shape index (κ1) is 9.00. The summed E-state index contributed by atoms with van der Waals surface area (Å²) < 4.78 is 0. The maximum Gasteiger partial charge on any atom is 0.240 e. The van der Waals surface area contributed by atoms with Crippen molar-refractivity contribution in [2.75, 3.05) is 13.1 Å². The fourth-order valence-electron chi connectivity index (χ4n) is 2.65. The van der Waals surface area contributed by atoms with E-state index in [-0.39, 0.29) is 11.4 Å². The van der Waals surface area contributed by atoms with Crippen molar-refractivity contribution in [3.8, 4) is 0 Å². The summed E-state index contributed by atoms with van der Waals surface area (Å²) in [6, 6.07) is 0. The summed E-state index contributed by atoms with van der Waals surface area (Å²) in [4.78, 5) is 11.7. The Morgan fingerprint density at radius 2 is 2.31 bits per heavy atom. The highest BCUT2D eigenvalue weighted by Gasteiger charge is 2.42. The molecule has 2 fully saturated rings. The van der Waals surface area contributed by atoms with Gasteiger partial charge in [0.05, 0.1) is 5.54 Å². The number of piperazine rings is 1. The maximum absolute atomic E-state index is 11.7. The van der Waals surface area contributed by atoms with E-state index in [9.17, 15) is 4.79 Å². The lowest BCUT2D eigenvalue weighted by Gasteiger charge is -2.42. The quantitative estimate of drug-likeness (QED) is 0.577.